The number of thiophene rings is 1. The molecule has 7 nitrogen and oxygen atoms in total. The normalized spacial score (nSPS) is 13.8. The Bertz CT molecular complexity index is 1140. The Morgan fingerprint density at radius 1 is 1.09 bits per heavy atom. The number of halogens is 2. The summed E-state index contributed by atoms with van der Waals surface area (Å²) in [6.07, 6.45) is 0.114. The third-order valence-corrected chi connectivity index (χ3v) is 6.92. The Balaban J connectivity index is 1.29. The third kappa shape index (κ3) is 5.14. The number of carbonyl (C=O) groups excluding carboxylic acids is 3. The van der Waals surface area contributed by atoms with Crippen LogP contribution in [0.3, 0.4) is 0 Å². The van der Waals surface area contributed by atoms with Crippen LogP contribution in [0.2, 0.25) is 5.02 Å². The van der Waals surface area contributed by atoms with Crippen LogP contribution in [0.4, 0.5) is 9.52 Å². The maximum atomic E-state index is 13.2. The van der Waals surface area contributed by atoms with E-state index in [9.17, 15) is 18.8 Å². The molecule has 4 rings (SSSR count). The minimum Gasteiger partial charge on any atom is -0.339 e. The highest BCUT2D eigenvalue weighted by Gasteiger charge is 2.26. The molecule has 1 aliphatic heterocycles. The van der Waals surface area contributed by atoms with Crippen molar-refractivity contribution in [3.8, 4) is 0 Å². The van der Waals surface area contributed by atoms with Gasteiger partial charge in [-0.15, -0.1) is 22.7 Å². The van der Waals surface area contributed by atoms with Gasteiger partial charge in [0.05, 0.1) is 27.6 Å². The number of hydrogen-bond acceptors (Lipinski definition) is 6. The van der Waals surface area contributed by atoms with Gasteiger partial charge in [-0.05, 0) is 29.6 Å². The minimum atomic E-state index is -0.502. The van der Waals surface area contributed by atoms with E-state index in [-0.39, 0.29) is 34.7 Å². The number of aromatic nitrogens is 1. The third-order valence-electron chi connectivity index (χ3n) is 4.93. The molecule has 0 radical (unpaired) electrons. The number of rotatable bonds is 5. The van der Waals surface area contributed by atoms with Crippen LogP contribution in [0, 0.1) is 5.82 Å². The molecular formula is C21H18ClFN4O3S2. The lowest BCUT2D eigenvalue weighted by molar-refractivity contribution is -0.132. The highest BCUT2D eigenvalue weighted by atomic mass is 35.5. The molecule has 1 aromatic carbocycles. The maximum absolute atomic E-state index is 13.2. The zero-order valence-corrected chi connectivity index (χ0v) is 19.1. The Kier molecular flexibility index (Phi) is 6.83. The number of amides is 3. The summed E-state index contributed by atoms with van der Waals surface area (Å²) in [5.74, 6) is -1.11. The largest absolute Gasteiger partial charge is 0.339 e. The van der Waals surface area contributed by atoms with Gasteiger partial charge in [0, 0.05) is 31.6 Å². The van der Waals surface area contributed by atoms with E-state index in [1.807, 2.05) is 5.38 Å². The van der Waals surface area contributed by atoms with Crippen LogP contribution in [-0.2, 0) is 11.2 Å². The average Bonchev–Trinajstić information content (AvgIpc) is 3.46. The van der Waals surface area contributed by atoms with Gasteiger partial charge in [-0.1, -0.05) is 17.7 Å². The van der Waals surface area contributed by atoms with Crippen LogP contribution in [0.25, 0.3) is 0 Å². The van der Waals surface area contributed by atoms with Crippen molar-refractivity contribution in [1.29, 1.82) is 0 Å². The van der Waals surface area contributed by atoms with Gasteiger partial charge in [0.1, 0.15) is 5.82 Å². The van der Waals surface area contributed by atoms with Gasteiger partial charge in [-0.2, -0.15) is 0 Å². The molecule has 0 atom stereocenters. The molecule has 3 aromatic rings. The van der Waals surface area contributed by atoms with Gasteiger partial charge in [0.2, 0.25) is 5.91 Å². The lowest BCUT2D eigenvalue weighted by Gasteiger charge is -2.35. The standard InChI is InChI=1S/C21H18ClFN4O3S2/c22-16-10-13(23)3-4-15(16)20(30)27-7-5-26(6-8-27)18(28)11-14-12-32-21(24-14)25-19(29)17-2-1-9-31-17/h1-4,9-10,12H,5-8,11H2,(H,24,25,29). The van der Waals surface area contributed by atoms with Crippen LogP contribution in [0.5, 0.6) is 0 Å². The van der Waals surface area contributed by atoms with Gasteiger partial charge < -0.3 is 9.80 Å². The van der Waals surface area contributed by atoms with Crippen molar-refractivity contribution in [2.75, 3.05) is 31.5 Å². The van der Waals surface area contributed by atoms with Crippen molar-refractivity contribution >= 4 is 57.1 Å². The van der Waals surface area contributed by atoms with E-state index in [2.05, 4.69) is 10.3 Å². The first-order valence-corrected chi connectivity index (χ1v) is 11.9. The number of anilines is 1. The summed E-state index contributed by atoms with van der Waals surface area (Å²) in [7, 11) is 0. The van der Waals surface area contributed by atoms with Crippen molar-refractivity contribution < 1.29 is 18.8 Å². The van der Waals surface area contributed by atoms with E-state index in [0.29, 0.717) is 41.9 Å². The number of thiazole rings is 1. The maximum Gasteiger partial charge on any atom is 0.267 e. The monoisotopic (exact) mass is 492 g/mol. The lowest BCUT2D eigenvalue weighted by Crippen LogP contribution is -2.51. The number of piperazine rings is 1. The van der Waals surface area contributed by atoms with Gasteiger partial charge in [-0.25, -0.2) is 9.37 Å². The predicted molar refractivity (Wildman–Crippen MR) is 122 cm³/mol. The fraction of sp³-hybridized carbons (Fsp3) is 0.238. The average molecular weight is 493 g/mol. The van der Waals surface area contributed by atoms with E-state index >= 15 is 0 Å². The molecule has 3 amide bonds. The summed E-state index contributed by atoms with van der Waals surface area (Å²) in [5.41, 5.74) is 0.825. The first-order chi connectivity index (χ1) is 15.4. The SMILES string of the molecule is O=C(Nc1nc(CC(=O)N2CCN(C(=O)c3ccc(F)cc3Cl)CC2)cs1)c1cccs1. The highest BCUT2D eigenvalue weighted by molar-refractivity contribution is 7.14. The zero-order valence-electron chi connectivity index (χ0n) is 16.7. The second-order valence-electron chi connectivity index (χ2n) is 7.05. The van der Waals surface area contributed by atoms with E-state index in [4.69, 9.17) is 11.6 Å². The van der Waals surface area contributed by atoms with Crippen LogP contribution >= 0.6 is 34.3 Å². The summed E-state index contributed by atoms with van der Waals surface area (Å²) < 4.78 is 13.2. The fourth-order valence-electron chi connectivity index (χ4n) is 3.27. The van der Waals surface area contributed by atoms with Crippen LogP contribution < -0.4 is 5.32 Å². The Hall–Kier alpha value is -2.82. The summed E-state index contributed by atoms with van der Waals surface area (Å²) in [6, 6.07) is 7.21. The molecule has 11 heteroatoms. The number of carbonyl (C=O) groups is 3. The molecule has 2 aromatic heterocycles. The van der Waals surface area contributed by atoms with E-state index in [1.165, 1.54) is 34.8 Å². The molecule has 1 aliphatic rings. The van der Waals surface area contributed by atoms with Crippen molar-refractivity contribution in [2.45, 2.75) is 6.42 Å². The fourth-order valence-corrected chi connectivity index (χ4v) is 4.84. The van der Waals surface area contributed by atoms with Gasteiger partial charge in [-0.3, -0.25) is 19.7 Å². The van der Waals surface area contributed by atoms with E-state index in [1.54, 1.807) is 27.3 Å². The van der Waals surface area contributed by atoms with Crippen LogP contribution in [-0.4, -0.2) is 58.7 Å². The van der Waals surface area contributed by atoms with Crippen molar-refractivity contribution in [3.63, 3.8) is 0 Å². The van der Waals surface area contributed by atoms with Gasteiger partial charge in [0.15, 0.2) is 5.13 Å². The molecule has 32 heavy (non-hydrogen) atoms. The second-order valence-corrected chi connectivity index (χ2v) is 9.26. The van der Waals surface area contributed by atoms with Crippen molar-refractivity contribution in [3.05, 3.63) is 68.1 Å². The smallest absolute Gasteiger partial charge is 0.267 e. The zero-order chi connectivity index (χ0) is 22.7. The Labute approximate surface area is 196 Å². The Morgan fingerprint density at radius 3 is 2.53 bits per heavy atom. The highest BCUT2D eigenvalue weighted by Crippen LogP contribution is 2.21. The first kappa shape index (κ1) is 22.4. The van der Waals surface area contributed by atoms with E-state index < -0.39 is 5.82 Å². The van der Waals surface area contributed by atoms with Crippen molar-refractivity contribution in [1.82, 2.24) is 14.8 Å². The predicted octanol–water partition coefficient (Wildman–Crippen LogP) is 3.78. The molecule has 3 heterocycles. The Morgan fingerprint density at radius 2 is 1.84 bits per heavy atom. The molecule has 0 aliphatic carbocycles. The van der Waals surface area contributed by atoms with E-state index in [0.717, 1.165) is 6.07 Å². The molecule has 0 unspecified atom stereocenters. The number of benzene rings is 1. The van der Waals surface area contributed by atoms with Gasteiger partial charge in [0.25, 0.3) is 11.8 Å². The molecule has 0 spiro atoms. The number of nitrogens with one attached hydrogen (secondary N) is 1. The van der Waals surface area contributed by atoms with Crippen molar-refractivity contribution in [2.24, 2.45) is 0 Å². The molecule has 0 saturated carbocycles. The van der Waals surface area contributed by atoms with Crippen LogP contribution in [0.15, 0.2) is 41.1 Å². The minimum absolute atomic E-state index is 0.0685. The molecule has 1 N–H and O–H groups in total. The quantitative estimate of drug-likeness (QED) is 0.587. The number of nitrogens with zero attached hydrogens (tertiary/aromatic N) is 3. The molecular weight excluding hydrogens is 475 g/mol. The lowest BCUT2D eigenvalue weighted by atomic mass is 10.1. The summed E-state index contributed by atoms with van der Waals surface area (Å²) in [6.45, 7) is 1.49. The topological polar surface area (TPSA) is 82.6 Å². The molecule has 1 saturated heterocycles. The first-order valence-electron chi connectivity index (χ1n) is 9.72. The number of hydrogen-bond donors (Lipinski definition) is 1. The van der Waals surface area contributed by atoms with Gasteiger partial charge >= 0.3 is 0 Å². The molecule has 166 valence electrons. The second kappa shape index (κ2) is 9.76. The summed E-state index contributed by atoms with van der Waals surface area (Å²) >= 11 is 8.60. The molecule has 1 fully saturated rings. The van der Waals surface area contributed by atoms with Crippen LogP contribution in [0.1, 0.15) is 25.7 Å². The summed E-state index contributed by atoms with van der Waals surface area (Å²) in [4.78, 5) is 45.6. The molecule has 0 bridgehead atoms. The summed E-state index contributed by atoms with van der Waals surface area (Å²) in [5, 5.41) is 6.82.